The van der Waals surface area contributed by atoms with Gasteiger partial charge < -0.3 is 10.1 Å². The molecule has 1 fully saturated rings. The highest BCUT2D eigenvalue weighted by molar-refractivity contribution is 5.94. The summed E-state index contributed by atoms with van der Waals surface area (Å²) in [4.78, 5) is 33.6. The molecule has 2 rings (SSSR count). The Morgan fingerprint density at radius 2 is 2.10 bits per heavy atom. The van der Waals surface area contributed by atoms with E-state index < -0.39 is 22.5 Å². The molecule has 106 valence electrons. The lowest BCUT2D eigenvalue weighted by molar-refractivity contribution is -0.385. The maximum absolute atomic E-state index is 12.1. The number of esters is 1. The lowest BCUT2D eigenvalue weighted by Crippen LogP contribution is -2.44. The number of rotatable bonds is 3. The highest BCUT2D eigenvalue weighted by Crippen LogP contribution is 2.26. The van der Waals surface area contributed by atoms with E-state index in [-0.39, 0.29) is 23.6 Å². The van der Waals surface area contributed by atoms with Gasteiger partial charge in [-0.3, -0.25) is 14.9 Å². The van der Waals surface area contributed by atoms with Gasteiger partial charge >= 0.3 is 5.97 Å². The number of ether oxygens (including phenoxy) is 1. The van der Waals surface area contributed by atoms with Gasteiger partial charge in [0.15, 0.2) is 0 Å². The molecule has 1 unspecified atom stereocenters. The average molecular weight is 278 g/mol. The molecule has 1 N–H and O–H groups in total. The first-order valence-corrected chi connectivity index (χ1v) is 6.06. The molecule has 7 heteroatoms. The molecule has 1 aliphatic heterocycles. The van der Waals surface area contributed by atoms with Crippen LogP contribution in [0, 0.1) is 10.1 Å². The van der Waals surface area contributed by atoms with Crippen LogP contribution in [-0.4, -0.2) is 28.4 Å². The minimum absolute atomic E-state index is 0.0549. The Labute approximate surface area is 115 Å². The molecule has 0 saturated carbocycles. The topological polar surface area (TPSA) is 98.5 Å². The number of nitrogens with zero attached hydrogens (tertiary/aromatic N) is 1. The van der Waals surface area contributed by atoms with Crippen LogP contribution in [0.4, 0.5) is 5.69 Å². The Morgan fingerprint density at radius 3 is 2.65 bits per heavy atom. The Hall–Kier alpha value is -2.44. The SMILES string of the molecule is CC1(C)NC(=O)CC1OC(=O)c1ccccc1[N+](=O)[O-]. The van der Waals surface area contributed by atoms with Crippen molar-refractivity contribution >= 4 is 17.6 Å². The summed E-state index contributed by atoms with van der Waals surface area (Å²) in [5.74, 6) is -1.01. The Kier molecular flexibility index (Phi) is 3.44. The van der Waals surface area contributed by atoms with Crippen molar-refractivity contribution in [2.24, 2.45) is 0 Å². The summed E-state index contributed by atoms with van der Waals surface area (Å²) in [6.07, 6.45) is -0.596. The maximum atomic E-state index is 12.1. The molecule has 20 heavy (non-hydrogen) atoms. The third-order valence-corrected chi connectivity index (χ3v) is 3.21. The number of hydrogen-bond acceptors (Lipinski definition) is 5. The van der Waals surface area contributed by atoms with Crippen LogP contribution < -0.4 is 5.32 Å². The van der Waals surface area contributed by atoms with Crippen LogP contribution in [0.1, 0.15) is 30.6 Å². The monoisotopic (exact) mass is 278 g/mol. The van der Waals surface area contributed by atoms with Crippen molar-refractivity contribution < 1.29 is 19.2 Å². The van der Waals surface area contributed by atoms with Crippen LogP contribution in [0.2, 0.25) is 0 Å². The first kappa shape index (κ1) is 14.0. The molecule has 0 bridgehead atoms. The molecule has 1 saturated heterocycles. The standard InChI is InChI=1S/C13H14N2O5/c1-13(2)10(7-11(16)14-13)20-12(17)8-5-3-4-6-9(8)15(18)19/h3-6,10H,7H2,1-2H3,(H,14,16). The molecular formula is C13H14N2O5. The quantitative estimate of drug-likeness (QED) is 0.512. The molecule has 0 radical (unpaired) electrons. The number of benzene rings is 1. The second-order valence-corrected chi connectivity index (χ2v) is 5.14. The van der Waals surface area contributed by atoms with Gasteiger partial charge in [-0.2, -0.15) is 0 Å². The first-order valence-electron chi connectivity index (χ1n) is 6.06. The van der Waals surface area contributed by atoms with Crippen LogP contribution in [0.5, 0.6) is 0 Å². The fraction of sp³-hybridized carbons (Fsp3) is 0.385. The zero-order valence-electron chi connectivity index (χ0n) is 11.1. The summed E-state index contributed by atoms with van der Waals surface area (Å²) in [7, 11) is 0. The van der Waals surface area contributed by atoms with Crippen molar-refractivity contribution in [2.75, 3.05) is 0 Å². The van der Waals surface area contributed by atoms with E-state index in [1.54, 1.807) is 13.8 Å². The van der Waals surface area contributed by atoms with Crippen molar-refractivity contribution in [1.29, 1.82) is 0 Å². The molecule has 1 aliphatic rings. The van der Waals surface area contributed by atoms with Gasteiger partial charge in [0, 0.05) is 6.07 Å². The molecule has 1 aromatic carbocycles. The number of para-hydroxylation sites is 1. The van der Waals surface area contributed by atoms with Gasteiger partial charge in [0.2, 0.25) is 5.91 Å². The second-order valence-electron chi connectivity index (χ2n) is 5.14. The summed E-state index contributed by atoms with van der Waals surface area (Å²) in [6, 6.07) is 5.56. The summed E-state index contributed by atoms with van der Waals surface area (Å²) in [6.45, 7) is 3.46. The van der Waals surface area contributed by atoms with E-state index >= 15 is 0 Å². The molecule has 1 atom stereocenters. The lowest BCUT2D eigenvalue weighted by atomic mass is 10.00. The molecular weight excluding hydrogens is 264 g/mol. The van der Waals surface area contributed by atoms with Crippen LogP contribution in [-0.2, 0) is 9.53 Å². The van der Waals surface area contributed by atoms with E-state index in [1.807, 2.05) is 0 Å². The zero-order valence-corrected chi connectivity index (χ0v) is 11.1. The summed E-state index contributed by atoms with van der Waals surface area (Å²) in [5.41, 5.74) is -1.11. The molecule has 0 aromatic heterocycles. The number of nitrogens with one attached hydrogen (secondary N) is 1. The van der Waals surface area contributed by atoms with Gasteiger partial charge in [0.05, 0.1) is 16.9 Å². The summed E-state index contributed by atoms with van der Waals surface area (Å²) >= 11 is 0. The highest BCUT2D eigenvalue weighted by Gasteiger charge is 2.42. The number of nitro benzene ring substituents is 1. The number of amides is 1. The van der Waals surface area contributed by atoms with Crippen LogP contribution in [0.15, 0.2) is 24.3 Å². The van der Waals surface area contributed by atoms with Crippen molar-refractivity contribution in [2.45, 2.75) is 31.9 Å². The van der Waals surface area contributed by atoms with Crippen LogP contribution in [0.3, 0.4) is 0 Å². The predicted molar refractivity (Wildman–Crippen MR) is 69.1 cm³/mol. The largest absolute Gasteiger partial charge is 0.456 e. The van der Waals surface area contributed by atoms with Crippen molar-refractivity contribution in [3.63, 3.8) is 0 Å². The molecule has 1 amide bonds. The molecule has 1 heterocycles. The minimum Gasteiger partial charge on any atom is -0.456 e. The van der Waals surface area contributed by atoms with E-state index in [2.05, 4.69) is 5.32 Å². The van der Waals surface area contributed by atoms with Gasteiger partial charge in [-0.25, -0.2) is 4.79 Å². The van der Waals surface area contributed by atoms with Crippen molar-refractivity contribution in [3.8, 4) is 0 Å². The second kappa shape index (κ2) is 4.92. The van der Waals surface area contributed by atoms with Crippen molar-refractivity contribution in [1.82, 2.24) is 5.32 Å². The minimum atomic E-state index is -0.799. The summed E-state index contributed by atoms with van der Waals surface area (Å²) < 4.78 is 5.25. The van der Waals surface area contributed by atoms with Gasteiger partial charge in [0.25, 0.3) is 5.69 Å². The zero-order chi connectivity index (χ0) is 14.9. The first-order chi connectivity index (χ1) is 9.31. The van der Waals surface area contributed by atoms with Gasteiger partial charge in [0.1, 0.15) is 11.7 Å². The van der Waals surface area contributed by atoms with E-state index in [9.17, 15) is 19.7 Å². The fourth-order valence-electron chi connectivity index (χ4n) is 2.10. The fourth-order valence-corrected chi connectivity index (χ4v) is 2.10. The number of carbonyl (C=O) groups excluding carboxylic acids is 2. The normalized spacial score (nSPS) is 20.3. The maximum Gasteiger partial charge on any atom is 0.345 e. The molecule has 0 spiro atoms. The smallest absolute Gasteiger partial charge is 0.345 e. The highest BCUT2D eigenvalue weighted by atomic mass is 16.6. The predicted octanol–water partition coefficient (Wildman–Crippen LogP) is 1.42. The third kappa shape index (κ3) is 2.61. The van der Waals surface area contributed by atoms with Crippen molar-refractivity contribution in [3.05, 3.63) is 39.9 Å². The Bertz CT molecular complexity index is 582. The Morgan fingerprint density at radius 1 is 1.45 bits per heavy atom. The third-order valence-electron chi connectivity index (χ3n) is 3.21. The summed E-state index contributed by atoms with van der Waals surface area (Å²) in [5, 5.41) is 13.6. The Balaban J connectivity index is 2.21. The van der Waals surface area contributed by atoms with E-state index in [0.29, 0.717) is 0 Å². The van der Waals surface area contributed by atoms with E-state index in [4.69, 9.17) is 4.74 Å². The van der Waals surface area contributed by atoms with Gasteiger partial charge in [-0.1, -0.05) is 12.1 Å². The van der Waals surface area contributed by atoms with Crippen LogP contribution in [0.25, 0.3) is 0 Å². The number of nitro groups is 1. The molecule has 7 nitrogen and oxygen atoms in total. The van der Waals surface area contributed by atoms with Crippen LogP contribution >= 0.6 is 0 Å². The molecule has 0 aliphatic carbocycles. The number of carbonyl (C=O) groups is 2. The van der Waals surface area contributed by atoms with Gasteiger partial charge in [-0.05, 0) is 19.9 Å². The van der Waals surface area contributed by atoms with Gasteiger partial charge in [-0.15, -0.1) is 0 Å². The van der Waals surface area contributed by atoms with E-state index in [1.165, 1.54) is 24.3 Å². The lowest BCUT2D eigenvalue weighted by Gasteiger charge is -2.25. The average Bonchev–Trinajstić information content (AvgIpc) is 2.62. The molecule has 1 aromatic rings. The van der Waals surface area contributed by atoms with E-state index in [0.717, 1.165) is 0 Å². The number of hydrogen-bond donors (Lipinski definition) is 1.